The fraction of sp³-hybridized carbons (Fsp3) is 0.412. The van der Waals surface area contributed by atoms with Crippen LogP contribution in [-0.2, 0) is 4.79 Å². The predicted octanol–water partition coefficient (Wildman–Crippen LogP) is 1.81. The Hall–Kier alpha value is -2.73. The maximum Gasteiger partial charge on any atom is 0.231 e. The predicted molar refractivity (Wildman–Crippen MR) is 99.9 cm³/mol. The lowest BCUT2D eigenvalue weighted by atomic mass is 9.90. The number of methoxy groups -OCH3 is 1. The number of carbonyl (C=O) groups excluding carboxylic acids is 1. The van der Waals surface area contributed by atoms with Crippen LogP contribution in [0.2, 0.25) is 0 Å². The van der Waals surface area contributed by atoms with Crippen molar-refractivity contribution in [2.45, 2.75) is 31.5 Å². The Labute approximate surface area is 156 Å². The third kappa shape index (κ3) is 4.08. The van der Waals surface area contributed by atoms with E-state index in [4.69, 9.17) is 10.6 Å². The van der Waals surface area contributed by atoms with Crippen LogP contribution in [0.5, 0.6) is 5.75 Å². The molecule has 1 aromatic carbocycles. The Kier molecular flexibility index (Phi) is 6.10. The van der Waals surface area contributed by atoms with E-state index >= 15 is 0 Å². The van der Waals surface area contributed by atoms with Crippen molar-refractivity contribution in [1.82, 2.24) is 20.2 Å². The molecule has 0 fully saturated rings. The standard InChI is InChI=1S/C17H22N6O2S/c1-11(2)17(3,10-18)20-14(24)9-26-16-22-21-15(23(16)19)12-7-5-6-8-13(12)25-4/h5-8,11H,9,19H2,1-4H3,(H,20,24). The van der Waals surface area contributed by atoms with Gasteiger partial charge in [0.15, 0.2) is 5.82 Å². The van der Waals surface area contributed by atoms with E-state index in [9.17, 15) is 10.1 Å². The molecule has 1 heterocycles. The highest BCUT2D eigenvalue weighted by atomic mass is 32.2. The number of hydrogen-bond donors (Lipinski definition) is 2. The number of nitrogens with two attached hydrogens (primary N) is 1. The van der Waals surface area contributed by atoms with Crippen LogP contribution in [0.4, 0.5) is 0 Å². The summed E-state index contributed by atoms with van der Waals surface area (Å²) in [4.78, 5) is 12.2. The molecule has 0 aliphatic carbocycles. The molecule has 1 atom stereocenters. The zero-order valence-corrected chi connectivity index (χ0v) is 16.0. The molecule has 138 valence electrons. The minimum atomic E-state index is -0.920. The van der Waals surface area contributed by atoms with Crippen LogP contribution >= 0.6 is 11.8 Å². The van der Waals surface area contributed by atoms with E-state index in [2.05, 4.69) is 21.6 Å². The van der Waals surface area contributed by atoms with Gasteiger partial charge in [-0.2, -0.15) is 5.26 Å². The fourth-order valence-electron chi connectivity index (χ4n) is 2.15. The second kappa shape index (κ2) is 8.10. The summed E-state index contributed by atoms with van der Waals surface area (Å²) in [5, 5.41) is 20.6. The SMILES string of the molecule is COc1ccccc1-c1nnc(SCC(=O)NC(C)(C#N)C(C)C)n1N. The van der Waals surface area contributed by atoms with Crippen LogP contribution < -0.4 is 15.9 Å². The van der Waals surface area contributed by atoms with E-state index in [1.807, 2.05) is 32.0 Å². The van der Waals surface area contributed by atoms with Crippen molar-refractivity contribution in [3.05, 3.63) is 24.3 Å². The Balaban J connectivity index is 2.10. The maximum absolute atomic E-state index is 12.2. The number of nitrogens with zero attached hydrogens (tertiary/aromatic N) is 4. The topological polar surface area (TPSA) is 119 Å². The zero-order valence-electron chi connectivity index (χ0n) is 15.2. The molecule has 0 saturated heterocycles. The average molecular weight is 374 g/mol. The number of amides is 1. The monoisotopic (exact) mass is 374 g/mol. The summed E-state index contributed by atoms with van der Waals surface area (Å²) < 4.78 is 6.63. The molecule has 1 unspecified atom stereocenters. The molecule has 2 aromatic rings. The van der Waals surface area contributed by atoms with Gasteiger partial charge in [-0.3, -0.25) is 4.79 Å². The lowest BCUT2D eigenvalue weighted by Crippen LogP contribution is -2.49. The number of ether oxygens (including phenoxy) is 1. The van der Waals surface area contributed by atoms with Crippen LogP contribution in [0.25, 0.3) is 11.4 Å². The molecule has 0 saturated carbocycles. The van der Waals surface area contributed by atoms with Crippen LogP contribution in [0, 0.1) is 17.2 Å². The molecule has 0 radical (unpaired) electrons. The summed E-state index contributed by atoms with van der Waals surface area (Å²) in [6, 6.07) is 9.47. The normalized spacial score (nSPS) is 13.1. The van der Waals surface area contributed by atoms with Crippen LogP contribution in [0.1, 0.15) is 20.8 Å². The van der Waals surface area contributed by atoms with E-state index in [0.29, 0.717) is 22.3 Å². The van der Waals surface area contributed by atoms with Gasteiger partial charge in [0.05, 0.1) is 24.5 Å². The molecule has 8 nitrogen and oxygen atoms in total. The van der Waals surface area contributed by atoms with Crippen molar-refractivity contribution in [1.29, 1.82) is 5.26 Å². The summed E-state index contributed by atoms with van der Waals surface area (Å²) >= 11 is 1.15. The molecular weight excluding hydrogens is 352 g/mol. The first kappa shape index (κ1) is 19.6. The average Bonchev–Trinajstić information content (AvgIpc) is 3.00. The minimum Gasteiger partial charge on any atom is -0.496 e. The first-order valence-corrected chi connectivity index (χ1v) is 9.00. The summed E-state index contributed by atoms with van der Waals surface area (Å²) in [5.41, 5.74) is -0.213. The number of benzene rings is 1. The number of aromatic nitrogens is 3. The van der Waals surface area contributed by atoms with E-state index in [0.717, 1.165) is 11.8 Å². The summed E-state index contributed by atoms with van der Waals surface area (Å²) in [6.45, 7) is 5.46. The first-order chi connectivity index (χ1) is 12.3. The Morgan fingerprint density at radius 3 is 2.77 bits per heavy atom. The first-order valence-electron chi connectivity index (χ1n) is 8.01. The molecule has 0 aliphatic rings. The second-order valence-electron chi connectivity index (χ2n) is 6.18. The molecule has 0 bridgehead atoms. The highest BCUT2D eigenvalue weighted by Crippen LogP contribution is 2.29. The highest BCUT2D eigenvalue weighted by molar-refractivity contribution is 7.99. The van der Waals surface area contributed by atoms with Crippen LogP contribution in [-0.4, -0.2) is 39.2 Å². The number of thioether (sulfide) groups is 1. The van der Waals surface area contributed by atoms with Gasteiger partial charge in [-0.25, -0.2) is 4.68 Å². The Morgan fingerprint density at radius 1 is 1.46 bits per heavy atom. The fourth-order valence-corrected chi connectivity index (χ4v) is 2.80. The molecule has 2 rings (SSSR count). The van der Waals surface area contributed by atoms with Crippen molar-refractivity contribution in [3.63, 3.8) is 0 Å². The van der Waals surface area contributed by atoms with Crippen molar-refractivity contribution < 1.29 is 9.53 Å². The van der Waals surface area contributed by atoms with Crippen molar-refractivity contribution in [2.24, 2.45) is 5.92 Å². The number of carbonyl (C=O) groups is 1. The molecule has 1 amide bonds. The van der Waals surface area contributed by atoms with Crippen molar-refractivity contribution in [3.8, 4) is 23.2 Å². The number of nitriles is 1. The lowest BCUT2D eigenvalue weighted by molar-refractivity contribution is -0.120. The van der Waals surface area contributed by atoms with E-state index in [-0.39, 0.29) is 17.6 Å². The van der Waals surface area contributed by atoms with Gasteiger partial charge in [0.1, 0.15) is 11.3 Å². The number of nitrogens with one attached hydrogen (secondary N) is 1. The maximum atomic E-state index is 12.2. The van der Waals surface area contributed by atoms with E-state index in [1.54, 1.807) is 20.1 Å². The quantitative estimate of drug-likeness (QED) is 0.560. The van der Waals surface area contributed by atoms with Crippen molar-refractivity contribution >= 4 is 17.7 Å². The van der Waals surface area contributed by atoms with Gasteiger partial charge in [-0.05, 0) is 25.0 Å². The largest absolute Gasteiger partial charge is 0.496 e. The number of para-hydroxylation sites is 1. The van der Waals surface area contributed by atoms with Gasteiger partial charge in [-0.15, -0.1) is 10.2 Å². The Bertz CT molecular complexity index is 829. The Morgan fingerprint density at radius 2 is 2.15 bits per heavy atom. The zero-order chi connectivity index (χ0) is 19.3. The molecule has 0 aliphatic heterocycles. The number of nitrogen functional groups attached to an aromatic ring is 1. The summed E-state index contributed by atoms with van der Waals surface area (Å²) in [5.74, 6) is 6.93. The van der Waals surface area contributed by atoms with Gasteiger partial charge in [0.25, 0.3) is 0 Å². The molecule has 9 heteroatoms. The molecular formula is C17H22N6O2S. The van der Waals surface area contributed by atoms with E-state index < -0.39 is 5.54 Å². The molecule has 0 spiro atoms. The van der Waals surface area contributed by atoms with Gasteiger partial charge in [0.2, 0.25) is 11.1 Å². The number of hydrogen-bond acceptors (Lipinski definition) is 7. The van der Waals surface area contributed by atoms with Crippen LogP contribution in [0.15, 0.2) is 29.4 Å². The van der Waals surface area contributed by atoms with Gasteiger partial charge >= 0.3 is 0 Å². The van der Waals surface area contributed by atoms with Gasteiger partial charge in [-0.1, -0.05) is 37.7 Å². The van der Waals surface area contributed by atoms with E-state index in [1.165, 1.54) is 4.68 Å². The summed E-state index contributed by atoms with van der Waals surface area (Å²) in [7, 11) is 1.57. The highest BCUT2D eigenvalue weighted by Gasteiger charge is 2.30. The molecule has 1 aromatic heterocycles. The smallest absolute Gasteiger partial charge is 0.231 e. The van der Waals surface area contributed by atoms with Crippen LogP contribution in [0.3, 0.4) is 0 Å². The second-order valence-corrected chi connectivity index (χ2v) is 7.12. The van der Waals surface area contributed by atoms with Gasteiger partial charge < -0.3 is 15.9 Å². The molecule has 3 N–H and O–H groups in total. The minimum absolute atomic E-state index is 0.0169. The van der Waals surface area contributed by atoms with Crippen molar-refractivity contribution in [2.75, 3.05) is 18.7 Å². The molecule has 26 heavy (non-hydrogen) atoms. The lowest BCUT2D eigenvalue weighted by Gasteiger charge is -2.27. The van der Waals surface area contributed by atoms with Gasteiger partial charge in [0, 0.05) is 0 Å². The number of rotatable bonds is 7. The summed E-state index contributed by atoms with van der Waals surface area (Å²) in [6.07, 6.45) is 0. The third-order valence-electron chi connectivity index (χ3n) is 4.13. The third-order valence-corrected chi connectivity index (χ3v) is 5.07.